The first-order valence-electron chi connectivity index (χ1n) is 19.8. The first kappa shape index (κ1) is 47.7. The van der Waals surface area contributed by atoms with E-state index < -0.39 is 60.0 Å². The number of carbonyl (C=O) groups excluding carboxylic acids is 5. The molecule has 2 fully saturated rings. The number of ether oxygens (including phenoxy) is 2. The number of anilines is 2. The first-order valence-corrected chi connectivity index (χ1v) is 19.8. The molecule has 2 heterocycles. The third-order valence-corrected chi connectivity index (χ3v) is 10.0. The molecule has 2 aliphatic rings. The van der Waals surface area contributed by atoms with Crippen molar-refractivity contribution in [3.8, 4) is 0 Å². The summed E-state index contributed by atoms with van der Waals surface area (Å²) in [6.07, 6.45) is -3.27. The molecule has 5 amide bonds. The number of Topliss-reactive ketones (excluding diaryl/α,β-unsaturated/α-hetero) is 2. The van der Waals surface area contributed by atoms with Gasteiger partial charge in [0.05, 0.1) is 64.0 Å². The predicted octanol–water partition coefficient (Wildman–Crippen LogP) is 6.17. The Labute approximate surface area is 359 Å². The maximum Gasteiger partial charge on any atom is 0.325 e. The zero-order valence-electron chi connectivity index (χ0n) is 34.5. The zero-order chi connectivity index (χ0) is 45.8. The Morgan fingerprint density at radius 1 is 0.619 bits per heavy atom. The summed E-state index contributed by atoms with van der Waals surface area (Å²) in [7, 11) is 0. The van der Waals surface area contributed by atoms with Crippen molar-refractivity contribution in [3.63, 3.8) is 0 Å². The summed E-state index contributed by atoms with van der Waals surface area (Å²) in [6, 6.07) is 15.2. The first-order chi connectivity index (χ1) is 30.1. The number of rotatable bonds is 12. The molecule has 0 aromatic heterocycles. The number of urea groups is 2. The number of alkyl halides is 2. The van der Waals surface area contributed by atoms with Gasteiger partial charge in [-0.1, -0.05) is 36.4 Å². The molecule has 0 spiro atoms. The molecule has 63 heavy (non-hydrogen) atoms. The van der Waals surface area contributed by atoms with E-state index in [1.807, 2.05) is 0 Å². The van der Waals surface area contributed by atoms with Crippen LogP contribution in [0.1, 0.15) is 43.0 Å². The van der Waals surface area contributed by atoms with Crippen LogP contribution in [-0.4, -0.2) is 111 Å². The van der Waals surface area contributed by atoms with E-state index >= 15 is 0 Å². The van der Waals surface area contributed by atoms with Crippen LogP contribution in [0, 0.1) is 37.1 Å². The van der Waals surface area contributed by atoms with Crippen molar-refractivity contribution < 1.29 is 59.8 Å². The van der Waals surface area contributed by atoms with E-state index in [2.05, 4.69) is 0 Å². The molecule has 19 heteroatoms. The number of nitrogens with two attached hydrogens (primary N) is 1. The van der Waals surface area contributed by atoms with Crippen molar-refractivity contribution in [2.45, 2.75) is 33.4 Å². The molecule has 0 aliphatic carbocycles. The number of aryl methyl sites for hydroxylation is 2. The minimum atomic E-state index is -3.27. The van der Waals surface area contributed by atoms with Gasteiger partial charge >= 0.3 is 18.5 Å². The number of ketones is 2. The predicted molar refractivity (Wildman–Crippen MR) is 220 cm³/mol. The number of halogens is 6. The third-order valence-electron chi connectivity index (χ3n) is 10.0. The normalized spacial score (nSPS) is 13.8. The van der Waals surface area contributed by atoms with E-state index in [0.717, 1.165) is 17.0 Å². The number of hydrogen-bond donors (Lipinski definition) is 2. The second kappa shape index (κ2) is 22.2. The zero-order valence-corrected chi connectivity index (χ0v) is 34.5. The van der Waals surface area contributed by atoms with Gasteiger partial charge < -0.3 is 30.3 Å². The number of carbonyl (C=O) groups is 5. The van der Waals surface area contributed by atoms with Crippen LogP contribution in [-0.2, 0) is 27.4 Å². The van der Waals surface area contributed by atoms with Crippen LogP contribution in [0.5, 0.6) is 0 Å². The van der Waals surface area contributed by atoms with Gasteiger partial charge in [0.1, 0.15) is 23.3 Å². The average molecular weight is 885 g/mol. The molecule has 2 aliphatic heterocycles. The summed E-state index contributed by atoms with van der Waals surface area (Å²) < 4.78 is 93.9. The van der Waals surface area contributed by atoms with Gasteiger partial charge in [-0.15, -0.1) is 0 Å². The molecule has 6 rings (SSSR count). The molecular weight excluding hydrogens is 839 g/mol. The van der Waals surface area contributed by atoms with Gasteiger partial charge in [0.2, 0.25) is 0 Å². The van der Waals surface area contributed by atoms with Crippen LogP contribution in [0.2, 0.25) is 0 Å². The molecule has 0 bridgehead atoms. The molecule has 336 valence electrons. The summed E-state index contributed by atoms with van der Waals surface area (Å²) in [5.74, 6) is -5.49. The Morgan fingerprint density at radius 2 is 1.03 bits per heavy atom. The Morgan fingerprint density at radius 3 is 1.40 bits per heavy atom. The van der Waals surface area contributed by atoms with Gasteiger partial charge in [0, 0.05) is 48.4 Å². The van der Waals surface area contributed by atoms with Crippen LogP contribution < -0.4 is 20.9 Å². The van der Waals surface area contributed by atoms with Crippen LogP contribution in [0.25, 0.3) is 0 Å². The molecule has 4 aromatic carbocycles. The lowest BCUT2D eigenvalue weighted by Gasteiger charge is -2.33. The van der Waals surface area contributed by atoms with Gasteiger partial charge in [-0.3, -0.25) is 24.2 Å². The highest BCUT2D eigenvalue weighted by Crippen LogP contribution is 2.27. The molecule has 0 saturated carbocycles. The summed E-state index contributed by atoms with van der Waals surface area (Å²) in [5, 5.41) is 1.76. The second-order valence-electron chi connectivity index (χ2n) is 14.5. The molecule has 13 nitrogen and oxygen atoms in total. The molecular formula is C44H46F6N6O7. The maximum atomic E-state index is 14.9. The number of nitrogens with zero attached hydrogens (tertiary/aromatic N) is 4. The van der Waals surface area contributed by atoms with E-state index in [1.165, 1.54) is 58.3 Å². The maximum absolute atomic E-state index is 14.9. The summed E-state index contributed by atoms with van der Waals surface area (Å²) in [6.45, 7) is 4.74. The third kappa shape index (κ3) is 12.6. The molecule has 4 aromatic rings. The highest BCUT2D eigenvalue weighted by atomic mass is 19.3. The van der Waals surface area contributed by atoms with E-state index in [1.54, 1.807) is 36.2 Å². The van der Waals surface area contributed by atoms with Gasteiger partial charge in [-0.2, -0.15) is 8.78 Å². The minimum Gasteiger partial charge on any atom is -0.378 e. The van der Waals surface area contributed by atoms with Crippen molar-refractivity contribution in [2.75, 3.05) is 75.5 Å². The van der Waals surface area contributed by atoms with E-state index in [0.29, 0.717) is 63.7 Å². The number of amides is 5. The summed E-state index contributed by atoms with van der Waals surface area (Å²) >= 11 is 0. The topological polar surface area (TPSA) is 155 Å². The average Bonchev–Trinajstić information content (AvgIpc) is 3.27. The SMILES string of the molecule is Cc1ccc(N(Cc2ccc(C(=O)CN)cc2F)C(=O)N2CCOCC2)c(F)c1.Cc1ccc(N(Cc2ccc(C(=O)CNC(=O)C(F)F)cc2F)C(=O)N2CCOCC2)c(F)c1. The monoisotopic (exact) mass is 884 g/mol. The quantitative estimate of drug-likeness (QED) is 0.127. The van der Waals surface area contributed by atoms with Gasteiger partial charge in [0.15, 0.2) is 11.6 Å². The van der Waals surface area contributed by atoms with Gasteiger partial charge in [-0.25, -0.2) is 27.2 Å². The summed E-state index contributed by atoms with van der Waals surface area (Å²) in [5.41, 5.74) is 6.89. The number of nitrogens with one attached hydrogen (secondary N) is 1. The van der Waals surface area contributed by atoms with Crippen molar-refractivity contribution in [3.05, 3.63) is 129 Å². The molecule has 2 saturated heterocycles. The fraction of sp³-hybridized carbons (Fsp3) is 0.341. The van der Waals surface area contributed by atoms with Crippen LogP contribution in [0.3, 0.4) is 0 Å². The highest BCUT2D eigenvalue weighted by Gasteiger charge is 2.29. The fourth-order valence-electron chi connectivity index (χ4n) is 6.53. The molecule has 3 N–H and O–H groups in total. The Balaban J connectivity index is 0.000000240. The van der Waals surface area contributed by atoms with Crippen LogP contribution in [0.4, 0.5) is 47.3 Å². The van der Waals surface area contributed by atoms with E-state index in [-0.39, 0.29) is 59.0 Å². The van der Waals surface area contributed by atoms with Gasteiger partial charge in [-0.05, 0) is 61.4 Å². The number of benzene rings is 4. The highest BCUT2D eigenvalue weighted by molar-refractivity contribution is 6.00. The van der Waals surface area contributed by atoms with Crippen molar-refractivity contribution in [1.82, 2.24) is 15.1 Å². The van der Waals surface area contributed by atoms with Crippen LogP contribution in [0.15, 0.2) is 72.8 Å². The Bertz CT molecular complexity index is 2310. The standard InChI is InChI=1S/C23H23F4N3O4.C21H23F2N3O3/c1-14-2-5-19(18(25)10-14)30(23(33)29-6-8-34-9-7-29)13-16-4-3-15(11-17(16)24)20(31)12-28-22(32)21(26)27;1-14-2-5-19(18(23)10-14)26(21(28)25-6-8-29-9-7-25)13-16-4-3-15(11-17(16)22)20(27)12-24/h2-5,10-11,21H,6-9,12-13H2,1H3,(H,28,32);2-5,10-11H,6-9,12-13,24H2,1H3. The second-order valence-corrected chi connectivity index (χ2v) is 14.5. The van der Waals surface area contributed by atoms with Crippen molar-refractivity contribution >= 4 is 40.9 Å². The molecule has 0 atom stereocenters. The molecule has 0 radical (unpaired) electrons. The van der Waals surface area contributed by atoms with E-state index in [9.17, 15) is 50.3 Å². The Hall–Kier alpha value is -6.31. The van der Waals surface area contributed by atoms with E-state index in [4.69, 9.17) is 15.2 Å². The summed E-state index contributed by atoms with van der Waals surface area (Å²) in [4.78, 5) is 66.4. The fourth-order valence-corrected chi connectivity index (χ4v) is 6.53. The van der Waals surface area contributed by atoms with Gasteiger partial charge in [0.25, 0.3) is 5.91 Å². The van der Waals surface area contributed by atoms with Crippen molar-refractivity contribution in [1.29, 1.82) is 0 Å². The lowest BCUT2D eigenvalue weighted by Crippen LogP contribution is -2.48. The largest absolute Gasteiger partial charge is 0.378 e. The number of morpholine rings is 2. The minimum absolute atomic E-state index is 0.00903. The van der Waals surface area contributed by atoms with Crippen molar-refractivity contribution in [2.24, 2.45) is 5.73 Å². The lowest BCUT2D eigenvalue weighted by atomic mass is 10.1. The lowest BCUT2D eigenvalue weighted by molar-refractivity contribution is -0.131. The van der Waals surface area contributed by atoms with Crippen LogP contribution >= 0.6 is 0 Å². The molecule has 0 unspecified atom stereocenters. The Kier molecular flexibility index (Phi) is 16.8. The number of hydrogen-bond acceptors (Lipinski definition) is 8. The smallest absolute Gasteiger partial charge is 0.325 e.